The molecule has 0 amide bonds. The van der Waals surface area contributed by atoms with Crippen molar-refractivity contribution in [2.75, 3.05) is 7.11 Å². The predicted molar refractivity (Wildman–Crippen MR) is 56.3 cm³/mol. The molecule has 0 saturated heterocycles. The van der Waals surface area contributed by atoms with Crippen molar-refractivity contribution in [3.63, 3.8) is 0 Å². The molecule has 15 heavy (non-hydrogen) atoms. The topological polar surface area (TPSA) is 35.5 Å². The van der Waals surface area contributed by atoms with Crippen LogP contribution in [0.15, 0.2) is 24.3 Å². The third-order valence-corrected chi connectivity index (χ3v) is 1.86. The number of para-hydroxylation sites is 1. The minimum atomic E-state index is -0.696. The largest absolute Gasteiger partial charge is 0.496 e. The van der Waals surface area contributed by atoms with Crippen LogP contribution in [0.4, 0.5) is 0 Å². The van der Waals surface area contributed by atoms with E-state index in [2.05, 4.69) is 5.92 Å². The lowest BCUT2D eigenvalue weighted by Gasteiger charge is -2.14. The van der Waals surface area contributed by atoms with Crippen molar-refractivity contribution in [2.24, 2.45) is 0 Å². The average molecular weight is 204 g/mol. The fourth-order valence-electron chi connectivity index (χ4n) is 1.24. The van der Waals surface area contributed by atoms with Crippen LogP contribution in [-0.4, -0.2) is 13.1 Å². The molecule has 0 spiro atoms. The average Bonchev–Trinajstić information content (AvgIpc) is 2.25. The summed E-state index contributed by atoms with van der Waals surface area (Å²) in [6.45, 7) is 1.32. The molecule has 3 heteroatoms. The van der Waals surface area contributed by atoms with E-state index in [0.717, 1.165) is 0 Å². The van der Waals surface area contributed by atoms with Gasteiger partial charge in [0, 0.05) is 12.5 Å². The van der Waals surface area contributed by atoms with Gasteiger partial charge in [0.1, 0.15) is 5.75 Å². The zero-order valence-electron chi connectivity index (χ0n) is 8.69. The summed E-state index contributed by atoms with van der Waals surface area (Å²) in [6.07, 6.45) is 4.60. The van der Waals surface area contributed by atoms with Gasteiger partial charge in [0.2, 0.25) is 0 Å². The zero-order valence-corrected chi connectivity index (χ0v) is 8.69. The van der Waals surface area contributed by atoms with E-state index in [1.165, 1.54) is 6.92 Å². The van der Waals surface area contributed by atoms with E-state index in [1.54, 1.807) is 19.2 Å². The molecule has 0 fully saturated rings. The number of rotatable bonds is 3. The van der Waals surface area contributed by atoms with Gasteiger partial charge in [-0.3, -0.25) is 4.79 Å². The molecule has 78 valence electrons. The molecule has 1 aromatic rings. The Morgan fingerprint density at radius 1 is 1.47 bits per heavy atom. The third kappa shape index (κ3) is 2.75. The highest BCUT2D eigenvalue weighted by Gasteiger charge is 2.15. The molecular weight excluding hydrogens is 192 g/mol. The molecule has 0 aromatic heterocycles. The van der Waals surface area contributed by atoms with Crippen LogP contribution in [0.5, 0.6) is 5.75 Å². The number of hydrogen-bond acceptors (Lipinski definition) is 3. The van der Waals surface area contributed by atoms with Crippen LogP contribution >= 0.6 is 0 Å². The van der Waals surface area contributed by atoms with Crippen molar-refractivity contribution < 1.29 is 14.3 Å². The maximum Gasteiger partial charge on any atom is 0.304 e. The molecule has 3 nitrogen and oxygen atoms in total. The first kappa shape index (κ1) is 11.1. The number of benzene rings is 1. The fraction of sp³-hybridized carbons (Fsp3) is 0.250. The first-order valence-corrected chi connectivity index (χ1v) is 4.45. The third-order valence-electron chi connectivity index (χ3n) is 1.86. The minimum absolute atomic E-state index is 0.413. The Bertz CT molecular complexity index is 390. The van der Waals surface area contributed by atoms with E-state index in [4.69, 9.17) is 15.9 Å². The normalized spacial score (nSPS) is 11.3. The molecule has 1 aromatic carbocycles. The number of terminal acetylenes is 1. The van der Waals surface area contributed by atoms with Crippen molar-refractivity contribution in [3.8, 4) is 18.1 Å². The van der Waals surface area contributed by atoms with Gasteiger partial charge in [-0.15, -0.1) is 6.42 Å². The van der Waals surface area contributed by atoms with Crippen LogP contribution in [0.1, 0.15) is 18.6 Å². The van der Waals surface area contributed by atoms with E-state index in [-0.39, 0.29) is 0 Å². The van der Waals surface area contributed by atoms with Crippen molar-refractivity contribution >= 4 is 5.97 Å². The van der Waals surface area contributed by atoms with E-state index < -0.39 is 12.1 Å². The summed E-state index contributed by atoms with van der Waals surface area (Å²) in [6, 6.07) is 7.17. The molecule has 0 aliphatic rings. The van der Waals surface area contributed by atoms with Crippen LogP contribution in [0.2, 0.25) is 0 Å². The summed E-state index contributed by atoms with van der Waals surface area (Å²) in [5.74, 6) is 2.60. The van der Waals surface area contributed by atoms with Crippen LogP contribution in [0.25, 0.3) is 0 Å². The SMILES string of the molecule is C#CC(OC(C)=O)c1ccccc1OC. The van der Waals surface area contributed by atoms with Crippen LogP contribution in [0.3, 0.4) is 0 Å². The van der Waals surface area contributed by atoms with Crippen LogP contribution in [-0.2, 0) is 9.53 Å². The van der Waals surface area contributed by atoms with Crippen molar-refractivity contribution in [1.29, 1.82) is 0 Å². The second-order valence-electron chi connectivity index (χ2n) is 2.90. The molecule has 0 aliphatic carbocycles. The first-order chi connectivity index (χ1) is 7.19. The van der Waals surface area contributed by atoms with Crippen molar-refractivity contribution in [3.05, 3.63) is 29.8 Å². The second-order valence-corrected chi connectivity index (χ2v) is 2.90. The van der Waals surface area contributed by atoms with Gasteiger partial charge >= 0.3 is 5.97 Å². The van der Waals surface area contributed by atoms with Gasteiger partial charge < -0.3 is 9.47 Å². The number of ether oxygens (including phenoxy) is 2. The van der Waals surface area contributed by atoms with Crippen molar-refractivity contribution in [1.82, 2.24) is 0 Å². The Hall–Kier alpha value is -1.95. The Balaban J connectivity index is 3.02. The number of esters is 1. The molecule has 1 rings (SSSR count). The summed E-state index contributed by atoms with van der Waals surface area (Å²) in [7, 11) is 1.54. The molecule has 0 bridgehead atoms. The Kier molecular flexibility index (Phi) is 3.75. The minimum Gasteiger partial charge on any atom is -0.496 e. The quantitative estimate of drug-likeness (QED) is 0.557. The predicted octanol–water partition coefficient (Wildman–Crippen LogP) is 1.93. The van der Waals surface area contributed by atoms with Gasteiger partial charge in [0.05, 0.1) is 7.11 Å². The van der Waals surface area contributed by atoms with Crippen molar-refractivity contribution in [2.45, 2.75) is 13.0 Å². The highest BCUT2D eigenvalue weighted by atomic mass is 16.5. The highest BCUT2D eigenvalue weighted by Crippen LogP contribution is 2.26. The Labute approximate surface area is 89.0 Å². The summed E-state index contributed by atoms with van der Waals surface area (Å²) >= 11 is 0. The highest BCUT2D eigenvalue weighted by molar-refractivity contribution is 5.67. The lowest BCUT2D eigenvalue weighted by atomic mass is 10.1. The Morgan fingerprint density at radius 3 is 2.67 bits per heavy atom. The maximum atomic E-state index is 10.8. The van der Waals surface area contributed by atoms with E-state index >= 15 is 0 Å². The molecule has 0 N–H and O–H groups in total. The molecule has 1 atom stereocenters. The van der Waals surface area contributed by atoms with Gasteiger partial charge in [-0.1, -0.05) is 24.1 Å². The standard InChI is InChI=1S/C12H12O3/c1-4-11(15-9(2)13)10-7-5-6-8-12(10)14-3/h1,5-8,11H,2-3H3. The summed E-state index contributed by atoms with van der Waals surface area (Å²) in [5, 5.41) is 0. The molecule has 1 unspecified atom stereocenters. The van der Waals surface area contributed by atoms with E-state index in [9.17, 15) is 4.79 Å². The second kappa shape index (κ2) is 5.06. The van der Waals surface area contributed by atoms with Crippen LogP contribution in [0, 0.1) is 12.3 Å². The van der Waals surface area contributed by atoms with E-state index in [0.29, 0.717) is 11.3 Å². The fourth-order valence-corrected chi connectivity index (χ4v) is 1.24. The molecule has 0 aliphatic heterocycles. The monoisotopic (exact) mass is 204 g/mol. The number of carbonyl (C=O) groups is 1. The van der Waals surface area contributed by atoms with Gasteiger partial charge in [-0.2, -0.15) is 0 Å². The summed E-state index contributed by atoms with van der Waals surface area (Å²) < 4.78 is 10.1. The lowest BCUT2D eigenvalue weighted by molar-refractivity contribution is -0.144. The van der Waals surface area contributed by atoms with Crippen LogP contribution < -0.4 is 4.74 Å². The molecular formula is C12H12O3. The smallest absolute Gasteiger partial charge is 0.304 e. The number of hydrogen-bond donors (Lipinski definition) is 0. The number of carbonyl (C=O) groups excluding carboxylic acids is 1. The number of methoxy groups -OCH3 is 1. The van der Waals surface area contributed by atoms with Gasteiger partial charge in [-0.05, 0) is 6.07 Å². The maximum absolute atomic E-state index is 10.8. The van der Waals surface area contributed by atoms with Gasteiger partial charge in [0.15, 0.2) is 6.10 Å². The van der Waals surface area contributed by atoms with Gasteiger partial charge in [-0.25, -0.2) is 0 Å². The summed E-state index contributed by atoms with van der Waals surface area (Å²) in [4.78, 5) is 10.8. The molecule has 0 heterocycles. The summed E-state index contributed by atoms with van der Waals surface area (Å²) in [5.41, 5.74) is 0.678. The zero-order chi connectivity index (χ0) is 11.3. The lowest BCUT2D eigenvalue weighted by Crippen LogP contribution is -2.07. The molecule has 0 saturated carbocycles. The van der Waals surface area contributed by atoms with E-state index in [1.807, 2.05) is 12.1 Å². The Morgan fingerprint density at radius 2 is 2.13 bits per heavy atom. The molecule has 0 radical (unpaired) electrons. The van der Waals surface area contributed by atoms with Gasteiger partial charge in [0.25, 0.3) is 0 Å². The first-order valence-electron chi connectivity index (χ1n) is 4.45.